The summed E-state index contributed by atoms with van der Waals surface area (Å²) in [6, 6.07) is 19.1. The molecule has 0 saturated carbocycles. The average molecular weight is 409 g/mol. The van der Waals surface area contributed by atoms with Crippen molar-refractivity contribution < 1.29 is 19.1 Å². The van der Waals surface area contributed by atoms with E-state index in [4.69, 9.17) is 4.84 Å². The van der Waals surface area contributed by atoms with Gasteiger partial charge in [-0.2, -0.15) is 0 Å². The Kier molecular flexibility index (Phi) is 6.98. The van der Waals surface area contributed by atoms with Gasteiger partial charge < -0.3 is 20.2 Å². The fourth-order valence-corrected chi connectivity index (χ4v) is 3.09. The molecule has 1 aliphatic heterocycles. The highest BCUT2D eigenvalue weighted by atomic mass is 19.1. The first-order chi connectivity index (χ1) is 14.6. The molecule has 0 spiro atoms. The predicted octanol–water partition coefficient (Wildman–Crippen LogP) is 2.94. The molecule has 2 aromatic rings. The lowest BCUT2D eigenvalue weighted by Gasteiger charge is -2.36. The molecule has 0 aliphatic carbocycles. The number of alkyl halides is 1. The molecule has 0 radical (unpaired) electrons. The zero-order valence-corrected chi connectivity index (χ0v) is 16.6. The zero-order chi connectivity index (χ0) is 21.4. The van der Waals surface area contributed by atoms with Gasteiger partial charge in [0.1, 0.15) is 12.9 Å². The second-order valence-corrected chi connectivity index (χ2v) is 6.75. The summed E-state index contributed by atoms with van der Waals surface area (Å²) in [5.41, 5.74) is -0.0424. The summed E-state index contributed by atoms with van der Waals surface area (Å²) in [5, 5.41) is 17.6. The Morgan fingerprint density at radius 3 is 2.37 bits per heavy atom. The first-order valence-corrected chi connectivity index (χ1v) is 9.55. The van der Waals surface area contributed by atoms with Gasteiger partial charge in [0.05, 0.1) is 5.57 Å². The number of nitrogens with one attached hydrogen (secondary N) is 1. The van der Waals surface area contributed by atoms with Crippen LogP contribution in [0.4, 0.5) is 4.39 Å². The molecule has 1 atom stereocenters. The molecule has 2 N–H and O–H groups in total. The second-order valence-electron chi connectivity index (χ2n) is 6.75. The van der Waals surface area contributed by atoms with E-state index in [9.17, 15) is 14.3 Å². The van der Waals surface area contributed by atoms with E-state index in [1.54, 1.807) is 19.3 Å². The number of oxime groups is 1. The van der Waals surface area contributed by atoms with Gasteiger partial charge in [0.2, 0.25) is 5.72 Å². The van der Waals surface area contributed by atoms with Crippen LogP contribution in [-0.4, -0.2) is 48.1 Å². The lowest BCUT2D eigenvalue weighted by Crippen LogP contribution is -2.52. The number of likely N-dealkylation sites (N-methyl/N-ethyl adjacent to an activating group) is 1. The van der Waals surface area contributed by atoms with E-state index < -0.39 is 24.4 Å². The van der Waals surface area contributed by atoms with Crippen LogP contribution in [0, 0.1) is 0 Å². The maximum atomic E-state index is 12.4. The van der Waals surface area contributed by atoms with Crippen molar-refractivity contribution in [1.82, 2.24) is 10.2 Å². The minimum Gasteiger partial charge on any atom is -0.383 e. The van der Waals surface area contributed by atoms with E-state index >= 15 is 0 Å². The van der Waals surface area contributed by atoms with Crippen LogP contribution in [0.3, 0.4) is 0 Å². The monoisotopic (exact) mass is 409 g/mol. The van der Waals surface area contributed by atoms with E-state index in [-0.39, 0.29) is 12.1 Å². The van der Waals surface area contributed by atoms with Crippen LogP contribution in [0.1, 0.15) is 17.2 Å². The number of amides is 1. The molecule has 156 valence electrons. The summed E-state index contributed by atoms with van der Waals surface area (Å²) in [6.45, 7) is -0.840. The molecule has 0 aromatic heterocycles. The molecule has 30 heavy (non-hydrogen) atoms. The molecular formula is C23H24FN3O3. The maximum Gasteiger partial charge on any atom is 0.252 e. The number of carbonyl (C=O) groups excluding carboxylic acids is 1. The first-order valence-electron chi connectivity index (χ1n) is 9.55. The van der Waals surface area contributed by atoms with Crippen LogP contribution in [0.2, 0.25) is 0 Å². The average Bonchev–Trinajstić information content (AvgIpc) is 2.78. The Hall–Kier alpha value is -3.45. The number of benzene rings is 2. The van der Waals surface area contributed by atoms with E-state index in [0.29, 0.717) is 0 Å². The largest absolute Gasteiger partial charge is 0.383 e. The lowest BCUT2D eigenvalue weighted by atomic mass is 9.99. The number of rotatable bonds is 8. The summed E-state index contributed by atoms with van der Waals surface area (Å²) in [6.07, 6.45) is 5.35. The van der Waals surface area contributed by atoms with Gasteiger partial charge in [-0.25, -0.2) is 4.39 Å². The highest BCUT2D eigenvalue weighted by molar-refractivity contribution is 6.01. The van der Waals surface area contributed by atoms with Crippen molar-refractivity contribution in [3.63, 3.8) is 0 Å². The number of hydrogen-bond acceptors (Lipinski definition) is 5. The van der Waals surface area contributed by atoms with Gasteiger partial charge in [0, 0.05) is 19.8 Å². The van der Waals surface area contributed by atoms with Crippen molar-refractivity contribution in [2.75, 3.05) is 20.3 Å². The number of nitrogens with zero attached hydrogens (tertiary/aromatic N) is 2. The van der Waals surface area contributed by atoms with Gasteiger partial charge >= 0.3 is 0 Å². The van der Waals surface area contributed by atoms with Gasteiger partial charge in [-0.15, -0.1) is 0 Å². The van der Waals surface area contributed by atoms with Crippen LogP contribution in [0.25, 0.3) is 0 Å². The molecule has 1 aliphatic rings. The highest BCUT2D eigenvalue weighted by Crippen LogP contribution is 2.28. The third-order valence-electron chi connectivity index (χ3n) is 4.74. The Morgan fingerprint density at radius 1 is 1.20 bits per heavy atom. The molecule has 7 heteroatoms. The highest BCUT2D eigenvalue weighted by Gasteiger charge is 2.39. The third-order valence-corrected chi connectivity index (χ3v) is 4.74. The van der Waals surface area contributed by atoms with Crippen molar-refractivity contribution in [2.24, 2.45) is 5.16 Å². The van der Waals surface area contributed by atoms with Gasteiger partial charge in [0.25, 0.3) is 5.91 Å². The van der Waals surface area contributed by atoms with Crippen LogP contribution in [-0.2, 0) is 9.63 Å². The Morgan fingerprint density at radius 2 is 1.80 bits per heavy atom. The van der Waals surface area contributed by atoms with Crippen molar-refractivity contribution in [3.05, 3.63) is 95.7 Å². The minimum atomic E-state index is -1.84. The number of aliphatic hydroxyl groups is 1. The predicted molar refractivity (Wildman–Crippen MR) is 113 cm³/mol. The topological polar surface area (TPSA) is 74.2 Å². The Bertz CT molecular complexity index is 892. The normalized spacial score (nSPS) is 18.5. The summed E-state index contributed by atoms with van der Waals surface area (Å²) in [4.78, 5) is 19.6. The van der Waals surface area contributed by atoms with E-state index in [2.05, 4.69) is 10.5 Å². The van der Waals surface area contributed by atoms with E-state index in [1.165, 1.54) is 11.0 Å². The molecular weight excluding hydrogens is 385 g/mol. The Labute approximate surface area is 175 Å². The van der Waals surface area contributed by atoms with E-state index in [0.717, 1.165) is 17.3 Å². The summed E-state index contributed by atoms with van der Waals surface area (Å²) < 4.78 is 12.4. The smallest absolute Gasteiger partial charge is 0.252 e. The molecule has 0 fully saturated rings. The van der Waals surface area contributed by atoms with Crippen molar-refractivity contribution in [1.29, 1.82) is 0 Å². The lowest BCUT2D eigenvalue weighted by molar-refractivity contribution is -0.120. The van der Waals surface area contributed by atoms with Gasteiger partial charge in [-0.1, -0.05) is 65.8 Å². The van der Waals surface area contributed by atoms with Crippen LogP contribution in [0.15, 0.2) is 89.7 Å². The SMILES string of the molecule is CN1C=CC=C(C(=O)NCCF)C1(O)C=NOC(c1ccccc1)c1ccccc1. The number of halogens is 1. The second kappa shape index (κ2) is 9.84. The molecule has 2 aromatic carbocycles. The number of carbonyl (C=O) groups is 1. The third kappa shape index (κ3) is 4.75. The standard InChI is InChI=1S/C23H24FN3O3/c1-27-16-8-13-20(22(28)25-15-14-24)23(27,29)17-26-30-21(18-9-4-2-5-10-18)19-11-6-3-7-12-19/h2-13,16-17,21,29H,14-15H2,1H3,(H,25,28). The quantitative estimate of drug-likeness (QED) is 0.519. The number of allylic oxidation sites excluding steroid dienone is 2. The zero-order valence-electron chi connectivity index (χ0n) is 16.6. The minimum absolute atomic E-state index is 0.0178. The molecule has 1 heterocycles. The first kappa shape index (κ1) is 21.3. The van der Waals surface area contributed by atoms with Gasteiger partial charge in [-0.3, -0.25) is 4.79 Å². The van der Waals surface area contributed by atoms with Crippen molar-refractivity contribution in [3.8, 4) is 0 Å². The summed E-state index contributed by atoms with van der Waals surface area (Å²) in [7, 11) is 1.60. The number of hydrogen-bond donors (Lipinski definition) is 2. The van der Waals surface area contributed by atoms with Crippen LogP contribution < -0.4 is 5.32 Å². The van der Waals surface area contributed by atoms with Crippen molar-refractivity contribution >= 4 is 12.1 Å². The Balaban J connectivity index is 1.85. The fourth-order valence-electron chi connectivity index (χ4n) is 3.09. The summed E-state index contributed by atoms with van der Waals surface area (Å²) >= 11 is 0. The summed E-state index contributed by atoms with van der Waals surface area (Å²) in [5.74, 6) is -0.583. The van der Waals surface area contributed by atoms with Gasteiger partial charge in [-0.05, 0) is 23.3 Å². The molecule has 1 unspecified atom stereocenters. The maximum absolute atomic E-state index is 12.4. The van der Waals surface area contributed by atoms with Crippen LogP contribution >= 0.6 is 0 Å². The molecule has 6 nitrogen and oxygen atoms in total. The molecule has 3 rings (SSSR count). The van der Waals surface area contributed by atoms with E-state index in [1.807, 2.05) is 60.7 Å². The fraction of sp³-hybridized carbons (Fsp3) is 0.217. The molecule has 0 saturated heterocycles. The molecule has 1 amide bonds. The van der Waals surface area contributed by atoms with Crippen molar-refractivity contribution in [2.45, 2.75) is 11.8 Å². The molecule has 0 bridgehead atoms. The van der Waals surface area contributed by atoms with Crippen LogP contribution in [0.5, 0.6) is 0 Å². The van der Waals surface area contributed by atoms with Gasteiger partial charge in [0.15, 0.2) is 6.10 Å².